The molecule has 0 saturated heterocycles. The first-order chi connectivity index (χ1) is 17.9. The SMILES string of the molecule is Cc1ccccc1C(Nc1c(C(C)C)cccc1C(C)C)c1cccc(-c2cccc3ccccc23)n1. The molecule has 4 aromatic carbocycles. The van der Waals surface area contributed by atoms with Gasteiger partial charge in [0.15, 0.2) is 0 Å². The van der Waals surface area contributed by atoms with Gasteiger partial charge in [0.1, 0.15) is 0 Å². The molecule has 5 rings (SSSR count). The van der Waals surface area contributed by atoms with E-state index in [4.69, 9.17) is 4.98 Å². The summed E-state index contributed by atoms with van der Waals surface area (Å²) in [6.07, 6.45) is 0. The summed E-state index contributed by atoms with van der Waals surface area (Å²) in [6, 6.07) is 36.7. The zero-order chi connectivity index (χ0) is 25.9. The second-order valence-corrected chi connectivity index (χ2v) is 10.5. The first-order valence-corrected chi connectivity index (χ1v) is 13.3. The molecular weight excluding hydrogens is 448 g/mol. The Labute approximate surface area is 221 Å². The second kappa shape index (κ2) is 10.6. The van der Waals surface area contributed by atoms with Crippen molar-refractivity contribution < 1.29 is 0 Å². The molecule has 0 bridgehead atoms. The molecule has 2 nitrogen and oxygen atoms in total. The van der Waals surface area contributed by atoms with Crippen LogP contribution in [0.25, 0.3) is 22.0 Å². The summed E-state index contributed by atoms with van der Waals surface area (Å²) in [5, 5.41) is 6.46. The van der Waals surface area contributed by atoms with E-state index < -0.39 is 0 Å². The van der Waals surface area contributed by atoms with E-state index in [0.29, 0.717) is 11.8 Å². The van der Waals surface area contributed by atoms with Crippen molar-refractivity contribution in [2.45, 2.75) is 52.5 Å². The van der Waals surface area contributed by atoms with Gasteiger partial charge in [0, 0.05) is 11.3 Å². The molecule has 37 heavy (non-hydrogen) atoms. The Balaban J connectivity index is 1.68. The van der Waals surface area contributed by atoms with Gasteiger partial charge < -0.3 is 5.32 Å². The van der Waals surface area contributed by atoms with E-state index in [9.17, 15) is 0 Å². The number of nitrogens with zero attached hydrogens (tertiary/aromatic N) is 1. The van der Waals surface area contributed by atoms with Gasteiger partial charge in [-0.3, -0.25) is 4.98 Å². The van der Waals surface area contributed by atoms with Crippen molar-refractivity contribution in [2.75, 3.05) is 5.32 Å². The van der Waals surface area contributed by atoms with Crippen LogP contribution in [0.15, 0.2) is 103 Å². The maximum Gasteiger partial charge on any atom is 0.0943 e. The van der Waals surface area contributed by atoms with E-state index in [1.165, 1.54) is 38.7 Å². The summed E-state index contributed by atoms with van der Waals surface area (Å²) >= 11 is 0. The van der Waals surface area contributed by atoms with Crippen LogP contribution in [-0.4, -0.2) is 4.98 Å². The van der Waals surface area contributed by atoms with Crippen molar-refractivity contribution in [3.63, 3.8) is 0 Å². The number of nitrogens with one attached hydrogen (secondary N) is 1. The average Bonchev–Trinajstić information content (AvgIpc) is 2.91. The largest absolute Gasteiger partial charge is 0.372 e. The van der Waals surface area contributed by atoms with E-state index in [0.717, 1.165) is 17.0 Å². The maximum absolute atomic E-state index is 5.29. The Morgan fingerprint density at radius 1 is 0.595 bits per heavy atom. The normalized spacial score (nSPS) is 12.3. The smallest absolute Gasteiger partial charge is 0.0943 e. The van der Waals surface area contributed by atoms with E-state index in [1.54, 1.807) is 0 Å². The highest BCUT2D eigenvalue weighted by atomic mass is 15.0. The number of aromatic nitrogens is 1. The second-order valence-electron chi connectivity index (χ2n) is 10.5. The molecule has 0 saturated carbocycles. The van der Waals surface area contributed by atoms with Gasteiger partial charge in [0.2, 0.25) is 0 Å². The van der Waals surface area contributed by atoms with Crippen LogP contribution < -0.4 is 5.32 Å². The van der Waals surface area contributed by atoms with E-state index >= 15 is 0 Å². The summed E-state index contributed by atoms with van der Waals surface area (Å²) in [6.45, 7) is 11.3. The molecule has 186 valence electrons. The van der Waals surface area contributed by atoms with Crippen molar-refractivity contribution in [3.05, 3.63) is 131 Å². The third-order valence-electron chi connectivity index (χ3n) is 7.29. The minimum atomic E-state index is -0.0754. The number of rotatable bonds is 7. The van der Waals surface area contributed by atoms with Crippen molar-refractivity contribution >= 4 is 16.5 Å². The Hall–Kier alpha value is -3.91. The number of benzene rings is 4. The molecule has 2 heteroatoms. The highest BCUT2D eigenvalue weighted by Crippen LogP contribution is 2.38. The van der Waals surface area contributed by atoms with Crippen LogP contribution in [0, 0.1) is 6.92 Å². The molecule has 1 unspecified atom stereocenters. The average molecular weight is 485 g/mol. The first kappa shape index (κ1) is 24.8. The third-order valence-corrected chi connectivity index (χ3v) is 7.29. The van der Waals surface area contributed by atoms with Gasteiger partial charge in [-0.1, -0.05) is 119 Å². The molecule has 1 aromatic heterocycles. The maximum atomic E-state index is 5.29. The molecule has 1 N–H and O–H groups in total. The van der Waals surface area contributed by atoms with Gasteiger partial charge in [-0.25, -0.2) is 0 Å². The summed E-state index contributed by atoms with van der Waals surface area (Å²) in [4.78, 5) is 5.29. The molecule has 0 fully saturated rings. The Kier molecular flexibility index (Phi) is 7.10. The van der Waals surface area contributed by atoms with E-state index in [2.05, 4.69) is 143 Å². The predicted octanol–water partition coefficient (Wildman–Crippen LogP) is 9.66. The number of pyridine rings is 1. The summed E-state index contributed by atoms with van der Waals surface area (Å²) in [5.74, 6) is 0.822. The number of anilines is 1. The predicted molar refractivity (Wildman–Crippen MR) is 158 cm³/mol. The topological polar surface area (TPSA) is 24.9 Å². The molecular formula is C35H36N2. The Bertz CT molecular complexity index is 1500. The van der Waals surface area contributed by atoms with Crippen molar-refractivity contribution in [1.29, 1.82) is 0 Å². The quantitative estimate of drug-likeness (QED) is 0.249. The number of fused-ring (bicyclic) bond motifs is 1. The van der Waals surface area contributed by atoms with Crippen molar-refractivity contribution in [1.82, 2.24) is 4.98 Å². The summed E-state index contributed by atoms with van der Waals surface area (Å²) in [7, 11) is 0. The molecule has 0 radical (unpaired) electrons. The lowest BCUT2D eigenvalue weighted by atomic mass is 9.90. The fourth-order valence-electron chi connectivity index (χ4n) is 5.29. The van der Waals surface area contributed by atoms with Gasteiger partial charge in [0.05, 0.1) is 17.4 Å². The molecule has 0 aliphatic heterocycles. The third kappa shape index (κ3) is 5.02. The number of aryl methyl sites for hydroxylation is 1. The fraction of sp³-hybridized carbons (Fsp3) is 0.229. The van der Waals surface area contributed by atoms with E-state index in [1.807, 2.05) is 0 Å². The Morgan fingerprint density at radius 2 is 1.19 bits per heavy atom. The van der Waals surface area contributed by atoms with Crippen LogP contribution in [0.5, 0.6) is 0 Å². The monoisotopic (exact) mass is 484 g/mol. The van der Waals surface area contributed by atoms with Gasteiger partial charge in [-0.2, -0.15) is 0 Å². The first-order valence-electron chi connectivity index (χ1n) is 13.3. The van der Waals surface area contributed by atoms with Crippen LogP contribution in [0.2, 0.25) is 0 Å². The molecule has 0 amide bonds. The van der Waals surface area contributed by atoms with Crippen molar-refractivity contribution in [2.24, 2.45) is 0 Å². The van der Waals surface area contributed by atoms with Crippen LogP contribution in [-0.2, 0) is 0 Å². The summed E-state index contributed by atoms with van der Waals surface area (Å²) in [5.41, 5.74) is 9.60. The highest BCUT2D eigenvalue weighted by Gasteiger charge is 2.22. The molecule has 0 spiro atoms. The molecule has 1 atom stereocenters. The number of hydrogen-bond acceptors (Lipinski definition) is 2. The number of para-hydroxylation sites is 1. The van der Waals surface area contributed by atoms with Crippen LogP contribution in [0.3, 0.4) is 0 Å². The lowest BCUT2D eigenvalue weighted by Gasteiger charge is -2.27. The summed E-state index contributed by atoms with van der Waals surface area (Å²) < 4.78 is 0. The van der Waals surface area contributed by atoms with E-state index in [-0.39, 0.29) is 6.04 Å². The lowest BCUT2D eigenvalue weighted by molar-refractivity contribution is 0.812. The van der Waals surface area contributed by atoms with Crippen LogP contribution >= 0.6 is 0 Å². The van der Waals surface area contributed by atoms with Crippen molar-refractivity contribution in [3.8, 4) is 11.3 Å². The van der Waals surface area contributed by atoms with Gasteiger partial charge in [0.25, 0.3) is 0 Å². The Morgan fingerprint density at radius 3 is 1.92 bits per heavy atom. The molecule has 0 aliphatic carbocycles. The van der Waals surface area contributed by atoms with Gasteiger partial charge in [-0.15, -0.1) is 0 Å². The minimum absolute atomic E-state index is 0.0754. The fourth-order valence-corrected chi connectivity index (χ4v) is 5.29. The van der Waals surface area contributed by atoms with Crippen LogP contribution in [0.1, 0.15) is 73.5 Å². The molecule has 5 aromatic rings. The molecule has 0 aliphatic rings. The zero-order valence-corrected chi connectivity index (χ0v) is 22.5. The van der Waals surface area contributed by atoms with Gasteiger partial charge >= 0.3 is 0 Å². The van der Waals surface area contributed by atoms with Gasteiger partial charge in [-0.05, 0) is 63.9 Å². The lowest BCUT2D eigenvalue weighted by Crippen LogP contribution is -2.18. The minimum Gasteiger partial charge on any atom is -0.372 e. The zero-order valence-electron chi connectivity index (χ0n) is 22.5. The van der Waals surface area contributed by atoms with Crippen LogP contribution in [0.4, 0.5) is 5.69 Å². The number of hydrogen-bond donors (Lipinski definition) is 1. The molecule has 1 heterocycles. The standard InChI is InChI=1S/C35H36N2/c1-23(2)27-18-11-19-28(24(3)4)34(27)37-35(29-16-8-6-13-25(29)5)33-22-12-21-32(36-33)31-20-10-15-26-14-7-9-17-30(26)31/h6-24,35,37H,1-5H3. The highest BCUT2D eigenvalue weighted by molar-refractivity contribution is 5.95.